The first kappa shape index (κ1) is 21.5. The fourth-order valence-corrected chi connectivity index (χ4v) is 2.36. The number of nitrogens with zero attached hydrogens (tertiary/aromatic N) is 2. The Morgan fingerprint density at radius 3 is 1.65 bits per heavy atom. The van der Waals surface area contributed by atoms with Gasteiger partial charge in [-0.1, -0.05) is 13.8 Å². The Morgan fingerprint density at radius 2 is 1.35 bits per heavy atom. The van der Waals surface area contributed by atoms with Crippen molar-refractivity contribution in [2.75, 3.05) is 13.2 Å². The van der Waals surface area contributed by atoms with Gasteiger partial charge < -0.3 is 9.47 Å². The van der Waals surface area contributed by atoms with Gasteiger partial charge in [0.15, 0.2) is 5.92 Å². The number of hydrogen-bond acceptors (Lipinski definition) is 6. The number of rotatable bonds is 8. The molecule has 0 N–H and O–H groups in total. The van der Waals surface area contributed by atoms with E-state index in [2.05, 4.69) is 10.2 Å². The van der Waals surface area contributed by atoms with Crippen molar-refractivity contribution in [1.82, 2.24) is 0 Å². The molecule has 0 rings (SSSR count). The predicted octanol–water partition coefficient (Wildman–Crippen LogP) is 3.78. The maximum atomic E-state index is 12.4. The number of azo groups is 1. The van der Waals surface area contributed by atoms with Crippen LogP contribution in [0.3, 0.4) is 0 Å². The van der Waals surface area contributed by atoms with Gasteiger partial charge in [0.2, 0.25) is 0 Å². The molecule has 0 amide bonds. The summed E-state index contributed by atoms with van der Waals surface area (Å²) in [5.74, 6) is -2.11. The van der Waals surface area contributed by atoms with Crippen LogP contribution in [0.5, 0.6) is 0 Å². The summed E-state index contributed by atoms with van der Waals surface area (Å²) >= 11 is 0. The van der Waals surface area contributed by atoms with Gasteiger partial charge in [0.1, 0.15) is 5.54 Å². The first-order chi connectivity index (χ1) is 10.5. The number of esters is 2. The van der Waals surface area contributed by atoms with Crippen LogP contribution in [0, 0.1) is 11.8 Å². The Labute approximate surface area is 140 Å². The quantitative estimate of drug-likeness (QED) is 0.386. The molecule has 0 aliphatic heterocycles. The maximum Gasteiger partial charge on any atom is 0.322 e. The van der Waals surface area contributed by atoms with Crippen LogP contribution in [0.2, 0.25) is 0 Å². The largest absolute Gasteiger partial charge is 0.465 e. The number of hydrogen-bond donors (Lipinski definition) is 0. The molecule has 0 radical (unpaired) electrons. The van der Waals surface area contributed by atoms with Crippen molar-refractivity contribution in [1.29, 1.82) is 0 Å². The topological polar surface area (TPSA) is 77.3 Å². The first-order valence-electron chi connectivity index (χ1n) is 8.24. The Morgan fingerprint density at radius 1 is 0.913 bits per heavy atom. The highest BCUT2D eigenvalue weighted by Gasteiger charge is 2.47. The molecular weight excluding hydrogens is 296 g/mol. The molecular formula is C17H32N2O4. The van der Waals surface area contributed by atoms with Crippen LogP contribution in [0.25, 0.3) is 0 Å². The van der Waals surface area contributed by atoms with E-state index in [4.69, 9.17) is 9.47 Å². The molecule has 134 valence electrons. The van der Waals surface area contributed by atoms with Crippen LogP contribution in [0.4, 0.5) is 0 Å². The zero-order valence-electron chi connectivity index (χ0n) is 15.8. The van der Waals surface area contributed by atoms with Crippen molar-refractivity contribution in [2.45, 2.75) is 72.9 Å². The van der Waals surface area contributed by atoms with Gasteiger partial charge in [0, 0.05) is 0 Å². The summed E-state index contributed by atoms with van der Waals surface area (Å²) in [4.78, 5) is 24.8. The van der Waals surface area contributed by atoms with Crippen LogP contribution in [-0.2, 0) is 19.1 Å². The predicted molar refractivity (Wildman–Crippen MR) is 89.2 cm³/mol. The highest BCUT2D eigenvalue weighted by atomic mass is 16.6. The maximum absolute atomic E-state index is 12.4. The minimum absolute atomic E-state index is 0.197. The Hall–Kier alpha value is -1.46. The Balaban J connectivity index is 5.83. The minimum Gasteiger partial charge on any atom is -0.465 e. The molecule has 0 aliphatic carbocycles. The Bertz CT molecular complexity index is 409. The summed E-state index contributed by atoms with van der Waals surface area (Å²) in [7, 11) is 0. The molecule has 0 aromatic rings. The fraction of sp³-hybridized carbons (Fsp3) is 0.882. The summed E-state index contributed by atoms with van der Waals surface area (Å²) in [5, 5.41) is 8.69. The third kappa shape index (κ3) is 7.57. The molecule has 1 unspecified atom stereocenters. The molecule has 0 saturated carbocycles. The minimum atomic E-state index is -1.11. The fourth-order valence-electron chi connectivity index (χ4n) is 2.36. The highest BCUT2D eigenvalue weighted by Crippen LogP contribution is 2.33. The lowest BCUT2D eigenvalue weighted by Gasteiger charge is -2.32. The monoisotopic (exact) mass is 328 g/mol. The van der Waals surface area contributed by atoms with E-state index in [1.807, 2.05) is 34.6 Å². The van der Waals surface area contributed by atoms with Crippen molar-refractivity contribution in [3.05, 3.63) is 0 Å². The lowest BCUT2D eigenvalue weighted by Crippen LogP contribution is -2.46. The normalized spacial score (nSPS) is 15.0. The molecule has 0 fully saturated rings. The molecule has 0 aromatic carbocycles. The standard InChI is InChI=1S/C17H32N2O4/c1-9-22-14(20)13(15(21)23-10-2)17(8,11-12(3)4)19-18-16(5,6)7/h12-13H,9-11H2,1-8H3/b19-18+. The number of ether oxygens (including phenoxy) is 2. The average Bonchev–Trinajstić information content (AvgIpc) is 2.35. The first-order valence-corrected chi connectivity index (χ1v) is 8.24. The second kappa shape index (κ2) is 8.99. The van der Waals surface area contributed by atoms with Gasteiger partial charge in [0.05, 0.1) is 18.8 Å². The smallest absolute Gasteiger partial charge is 0.322 e. The number of carbonyl (C=O) groups is 2. The van der Waals surface area contributed by atoms with Crippen molar-refractivity contribution < 1.29 is 19.1 Å². The SMILES string of the molecule is CCOC(=O)C(C(=O)OCC)C(C)(CC(C)C)/N=N/C(C)(C)C. The summed E-state index contributed by atoms with van der Waals surface area (Å²) < 4.78 is 10.2. The van der Waals surface area contributed by atoms with E-state index >= 15 is 0 Å². The highest BCUT2D eigenvalue weighted by molar-refractivity contribution is 5.96. The zero-order chi connectivity index (χ0) is 18.3. The third-order valence-corrected chi connectivity index (χ3v) is 3.07. The molecule has 1 atom stereocenters. The zero-order valence-corrected chi connectivity index (χ0v) is 15.8. The van der Waals surface area contributed by atoms with E-state index in [9.17, 15) is 9.59 Å². The van der Waals surface area contributed by atoms with Crippen molar-refractivity contribution in [3.63, 3.8) is 0 Å². The summed E-state index contributed by atoms with van der Waals surface area (Å²) in [5.41, 5.74) is -1.40. The second-order valence-corrected chi connectivity index (χ2v) is 7.26. The Kier molecular flexibility index (Phi) is 8.42. The van der Waals surface area contributed by atoms with E-state index in [0.29, 0.717) is 6.42 Å². The molecule has 0 saturated heterocycles. The molecule has 0 bridgehead atoms. The molecule has 0 aromatic heterocycles. The van der Waals surface area contributed by atoms with Gasteiger partial charge in [-0.15, -0.1) is 0 Å². The van der Waals surface area contributed by atoms with Crippen LogP contribution < -0.4 is 0 Å². The molecule has 6 heteroatoms. The molecule has 0 spiro atoms. The lowest BCUT2D eigenvalue weighted by atomic mass is 9.79. The van der Waals surface area contributed by atoms with E-state index in [-0.39, 0.29) is 19.1 Å². The van der Waals surface area contributed by atoms with Gasteiger partial charge in [-0.2, -0.15) is 10.2 Å². The van der Waals surface area contributed by atoms with E-state index in [0.717, 1.165) is 0 Å². The van der Waals surface area contributed by atoms with Gasteiger partial charge >= 0.3 is 11.9 Å². The molecule has 0 heterocycles. The molecule has 6 nitrogen and oxygen atoms in total. The average molecular weight is 328 g/mol. The van der Waals surface area contributed by atoms with Crippen LogP contribution in [-0.4, -0.2) is 36.2 Å². The van der Waals surface area contributed by atoms with Crippen molar-refractivity contribution in [2.24, 2.45) is 22.1 Å². The third-order valence-electron chi connectivity index (χ3n) is 3.07. The van der Waals surface area contributed by atoms with Crippen molar-refractivity contribution >= 4 is 11.9 Å². The van der Waals surface area contributed by atoms with Crippen LogP contribution in [0.1, 0.15) is 61.8 Å². The summed E-state index contributed by atoms with van der Waals surface area (Å²) in [6, 6.07) is 0. The second-order valence-electron chi connectivity index (χ2n) is 7.26. The van der Waals surface area contributed by atoms with E-state index < -0.39 is 28.9 Å². The summed E-state index contributed by atoms with van der Waals surface area (Å²) in [6.07, 6.45) is 0.523. The van der Waals surface area contributed by atoms with Gasteiger partial charge in [-0.25, -0.2) is 0 Å². The molecule has 0 aliphatic rings. The van der Waals surface area contributed by atoms with E-state index in [1.165, 1.54) is 0 Å². The van der Waals surface area contributed by atoms with Crippen LogP contribution >= 0.6 is 0 Å². The van der Waals surface area contributed by atoms with Crippen LogP contribution in [0.15, 0.2) is 10.2 Å². The van der Waals surface area contributed by atoms with Gasteiger partial charge in [-0.05, 0) is 53.9 Å². The molecule has 23 heavy (non-hydrogen) atoms. The lowest BCUT2D eigenvalue weighted by molar-refractivity contribution is -0.165. The number of carbonyl (C=O) groups excluding carboxylic acids is 2. The van der Waals surface area contributed by atoms with E-state index in [1.54, 1.807) is 20.8 Å². The van der Waals surface area contributed by atoms with Gasteiger partial charge in [-0.3, -0.25) is 9.59 Å². The van der Waals surface area contributed by atoms with Crippen molar-refractivity contribution in [3.8, 4) is 0 Å². The van der Waals surface area contributed by atoms with Gasteiger partial charge in [0.25, 0.3) is 0 Å². The summed E-state index contributed by atoms with van der Waals surface area (Å²) in [6.45, 7) is 15.3.